The van der Waals surface area contributed by atoms with Crippen LogP contribution in [0.2, 0.25) is 0 Å². The van der Waals surface area contributed by atoms with Crippen LogP contribution < -0.4 is 4.90 Å². The third kappa shape index (κ3) is 3.08. The molecule has 2 fully saturated rings. The smallest absolute Gasteiger partial charge is 0.254 e. The van der Waals surface area contributed by atoms with Gasteiger partial charge in [0.25, 0.3) is 5.91 Å². The van der Waals surface area contributed by atoms with Crippen LogP contribution in [0.5, 0.6) is 0 Å². The van der Waals surface area contributed by atoms with E-state index in [1.165, 1.54) is 12.3 Å². The van der Waals surface area contributed by atoms with Crippen molar-refractivity contribution in [1.82, 2.24) is 24.6 Å². The van der Waals surface area contributed by atoms with E-state index in [2.05, 4.69) is 10.1 Å². The second-order valence-corrected chi connectivity index (χ2v) is 7.28. The van der Waals surface area contributed by atoms with Crippen LogP contribution in [-0.4, -0.2) is 75.1 Å². The summed E-state index contributed by atoms with van der Waals surface area (Å²) in [4.78, 5) is 34.3. The highest BCUT2D eigenvalue weighted by molar-refractivity contribution is 5.96. The summed E-state index contributed by atoms with van der Waals surface area (Å²) in [5, 5.41) is 4.15. The number of pyridine rings is 1. The fourth-order valence-corrected chi connectivity index (χ4v) is 3.93. The summed E-state index contributed by atoms with van der Waals surface area (Å²) >= 11 is 0. The molecule has 4 rings (SSSR count). The minimum atomic E-state index is -0.669. The van der Waals surface area contributed by atoms with Crippen molar-refractivity contribution >= 4 is 17.5 Å². The molecule has 9 heteroatoms. The Morgan fingerprint density at radius 2 is 2.11 bits per heavy atom. The van der Waals surface area contributed by atoms with Gasteiger partial charge in [-0.05, 0) is 19.5 Å². The normalized spacial score (nSPS) is 23.4. The number of rotatable bonds is 2. The van der Waals surface area contributed by atoms with Crippen molar-refractivity contribution in [3.05, 3.63) is 42.2 Å². The molecule has 0 radical (unpaired) electrons. The first-order chi connectivity index (χ1) is 12.9. The number of carbonyl (C=O) groups excluding carboxylic acids is 2. The Kier molecular flexibility index (Phi) is 4.18. The molecule has 0 N–H and O–H groups in total. The lowest BCUT2D eigenvalue weighted by molar-refractivity contribution is -0.123. The lowest BCUT2D eigenvalue weighted by Crippen LogP contribution is -2.64. The van der Waals surface area contributed by atoms with E-state index < -0.39 is 5.95 Å². The highest BCUT2D eigenvalue weighted by atomic mass is 19.1. The minimum Gasteiger partial charge on any atom is -0.337 e. The van der Waals surface area contributed by atoms with E-state index in [0.29, 0.717) is 25.2 Å². The Hall–Kier alpha value is -2.81. The van der Waals surface area contributed by atoms with Gasteiger partial charge in [0.15, 0.2) is 0 Å². The van der Waals surface area contributed by atoms with Crippen LogP contribution in [0.1, 0.15) is 16.8 Å². The summed E-state index contributed by atoms with van der Waals surface area (Å²) in [7, 11) is 3.72. The van der Waals surface area contributed by atoms with Crippen molar-refractivity contribution in [2.45, 2.75) is 12.0 Å². The molecule has 1 atom stereocenters. The quantitative estimate of drug-likeness (QED) is 0.719. The van der Waals surface area contributed by atoms with Gasteiger partial charge in [0, 0.05) is 50.7 Å². The summed E-state index contributed by atoms with van der Waals surface area (Å²) in [6.07, 6.45) is 5.53. The van der Waals surface area contributed by atoms with Crippen LogP contribution in [0.4, 0.5) is 10.1 Å². The van der Waals surface area contributed by atoms with Gasteiger partial charge >= 0.3 is 0 Å². The molecule has 0 unspecified atom stereocenters. The number of aryl methyl sites for hydroxylation is 1. The van der Waals surface area contributed by atoms with Gasteiger partial charge in [-0.25, -0.2) is 4.98 Å². The maximum absolute atomic E-state index is 13.4. The first kappa shape index (κ1) is 17.6. The molecule has 0 bridgehead atoms. The van der Waals surface area contributed by atoms with Crippen molar-refractivity contribution in [3.8, 4) is 0 Å². The standard InChI is InChI=1S/C18H21FN6O2/c1-22-10-16(26)25(14-8-21-23(2)9-14)12-18(22)4-6-24(11-18)17(27)13-3-5-20-15(19)7-13/h3,5,7-9H,4,6,10-12H2,1-2H3/t18-/m0/s1. The second-order valence-electron chi connectivity index (χ2n) is 7.28. The first-order valence-electron chi connectivity index (χ1n) is 8.79. The molecule has 2 amide bonds. The maximum atomic E-state index is 13.4. The first-order valence-corrected chi connectivity index (χ1v) is 8.79. The lowest BCUT2D eigenvalue weighted by Gasteiger charge is -2.46. The number of hydrogen-bond acceptors (Lipinski definition) is 5. The number of halogens is 1. The highest BCUT2D eigenvalue weighted by Crippen LogP contribution is 2.33. The van der Waals surface area contributed by atoms with Gasteiger partial charge in [-0.15, -0.1) is 0 Å². The molecule has 0 aromatic carbocycles. The summed E-state index contributed by atoms with van der Waals surface area (Å²) in [6, 6.07) is 2.68. The third-order valence-corrected chi connectivity index (χ3v) is 5.53. The summed E-state index contributed by atoms with van der Waals surface area (Å²) in [5.74, 6) is -0.874. The molecule has 2 aromatic heterocycles. The number of piperazine rings is 1. The van der Waals surface area contributed by atoms with Gasteiger partial charge in [-0.3, -0.25) is 19.2 Å². The average Bonchev–Trinajstić information content (AvgIpc) is 3.25. The number of likely N-dealkylation sites (N-methyl/N-ethyl adjacent to an activating group) is 1. The van der Waals surface area contributed by atoms with E-state index in [0.717, 1.165) is 18.2 Å². The highest BCUT2D eigenvalue weighted by Gasteiger charge is 2.48. The van der Waals surface area contributed by atoms with Crippen LogP contribution in [0.25, 0.3) is 0 Å². The van der Waals surface area contributed by atoms with E-state index in [9.17, 15) is 14.0 Å². The Morgan fingerprint density at radius 3 is 2.81 bits per heavy atom. The molecule has 0 aliphatic carbocycles. The number of carbonyl (C=O) groups is 2. The SMILES string of the molecule is CN1CC(=O)N(c2cnn(C)c2)C[C@@]12CCN(C(=O)c1ccnc(F)c1)C2. The van der Waals surface area contributed by atoms with Gasteiger partial charge < -0.3 is 9.80 Å². The van der Waals surface area contributed by atoms with Crippen LogP contribution in [0, 0.1) is 5.95 Å². The molecule has 2 aliphatic heterocycles. The lowest BCUT2D eigenvalue weighted by atomic mass is 9.93. The van der Waals surface area contributed by atoms with E-state index in [4.69, 9.17) is 0 Å². The van der Waals surface area contributed by atoms with Crippen molar-refractivity contribution in [3.63, 3.8) is 0 Å². The average molecular weight is 372 g/mol. The molecular formula is C18H21FN6O2. The molecule has 2 aliphatic rings. The zero-order chi connectivity index (χ0) is 19.2. The molecule has 1 spiro atoms. The number of amides is 2. The van der Waals surface area contributed by atoms with Crippen LogP contribution in [0.15, 0.2) is 30.7 Å². The van der Waals surface area contributed by atoms with Gasteiger partial charge in [0.05, 0.1) is 24.0 Å². The van der Waals surface area contributed by atoms with E-state index in [1.54, 1.807) is 20.7 Å². The van der Waals surface area contributed by atoms with Crippen LogP contribution in [0.3, 0.4) is 0 Å². The van der Waals surface area contributed by atoms with Crippen molar-refractivity contribution in [2.24, 2.45) is 7.05 Å². The fraction of sp³-hybridized carbons (Fsp3) is 0.444. The Labute approximate surface area is 156 Å². The monoisotopic (exact) mass is 372 g/mol. The molecule has 2 aromatic rings. The van der Waals surface area contributed by atoms with Gasteiger partial charge in [-0.1, -0.05) is 0 Å². The number of aromatic nitrogens is 3. The number of anilines is 1. The number of hydrogen-bond donors (Lipinski definition) is 0. The van der Waals surface area contributed by atoms with Crippen molar-refractivity contribution < 1.29 is 14.0 Å². The zero-order valence-corrected chi connectivity index (χ0v) is 15.3. The van der Waals surface area contributed by atoms with Gasteiger partial charge in [0.2, 0.25) is 11.9 Å². The second kappa shape index (κ2) is 6.41. The van der Waals surface area contributed by atoms with Crippen molar-refractivity contribution in [2.75, 3.05) is 38.1 Å². The largest absolute Gasteiger partial charge is 0.337 e. The molecule has 4 heterocycles. The Bertz CT molecular complexity index is 899. The predicted molar refractivity (Wildman–Crippen MR) is 95.6 cm³/mol. The molecule has 2 saturated heterocycles. The number of nitrogens with zero attached hydrogens (tertiary/aromatic N) is 6. The summed E-state index contributed by atoms with van der Waals surface area (Å²) in [5.41, 5.74) is 0.722. The van der Waals surface area contributed by atoms with E-state index in [1.807, 2.05) is 25.2 Å². The number of likely N-dealkylation sites (tertiary alicyclic amines) is 1. The van der Waals surface area contributed by atoms with E-state index >= 15 is 0 Å². The van der Waals surface area contributed by atoms with Crippen molar-refractivity contribution in [1.29, 1.82) is 0 Å². The Morgan fingerprint density at radius 1 is 1.30 bits per heavy atom. The molecular weight excluding hydrogens is 351 g/mol. The van der Waals surface area contributed by atoms with Crippen LogP contribution >= 0.6 is 0 Å². The van der Waals surface area contributed by atoms with Gasteiger partial charge in [0.1, 0.15) is 0 Å². The summed E-state index contributed by atoms with van der Waals surface area (Å²) in [6.45, 7) is 1.81. The summed E-state index contributed by atoms with van der Waals surface area (Å²) < 4.78 is 15.0. The maximum Gasteiger partial charge on any atom is 0.254 e. The molecule has 0 saturated carbocycles. The minimum absolute atomic E-state index is 0.0112. The third-order valence-electron chi connectivity index (χ3n) is 5.53. The van der Waals surface area contributed by atoms with Gasteiger partial charge in [-0.2, -0.15) is 9.49 Å². The Balaban J connectivity index is 1.56. The van der Waals surface area contributed by atoms with Crippen LogP contribution in [-0.2, 0) is 11.8 Å². The molecule has 142 valence electrons. The zero-order valence-electron chi connectivity index (χ0n) is 15.3. The topological polar surface area (TPSA) is 74.6 Å². The fourth-order valence-electron chi connectivity index (χ4n) is 3.93. The van der Waals surface area contributed by atoms with E-state index in [-0.39, 0.29) is 23.9 Å². The molecule has 8 nitrogen and oxygen atoms in total. The molecule has 27 heavy (non-hydrogen) atoms. The predicted octanol–water partition coefficient (Wildman–Crippen LogP) is 0.518.